The Labute approximate surface area is 122 Å². The average molecular weight is 291 g/mol. The molecule has 0 aliphatic heterocycles. The van der Waals surface area contributed by atoms with Gasteiger partial charge in [-0.15, -0.1) is 0 Å². The smallest absolute Gasteiger partial charge is 0.256 e. The number of hydrogen-bond donors (Lipinski definition) is 2. The van der Waals surface area contributed by atoms with Gasteiger partial charge in [0.05, 0.1) is 5.56 Å². The number of phenolic OH excluding ortho intramolecular Hbond substituents is 1. The normalized spacial score (nSPS) is 10.3. The minimum Gasteiger partial charge on any atom is -0.508 e. The fourth-order valence-electron chi connectivity index (χ4n) is 1.92. The molecule has 104 valence electrons. The SMILES string of the molecule is CN(Cc1cccc(Cl)c1)C(=O)c1cc(O)ccc1N. The molecule has 0 fully saturated rings. The summed E-state index contributed by atoms with van der Waals surface area (Å²) in [5.41, 5.74) is 7.31. The summed E-state index contributed by atoms with van der Waals surface area (Å²) in [5, 5.41) is 10.1. The zero-order valence-corrected chi connectivity index (χ0v) is 11.8. The molecule has 0 unspecified atom stereocenters. The number of nitrogens with two attached hydrogens (primary N) is 1. The van der Waals surface area contributed by atoms with Crippen molar-refractivity contribution in [2.45, 2.75) is 6.54 Å². The maximum Gasteiger partial charge on any atom is 0.256 e. The van der Waals surface area contributed by atoms with E-state index in [0.717, 1.165) is 5.56 Å². The van der Waals surface area contributed by atoms with Crippen LogP contribution in [-0.4, -0.2) is 23.0 Å². The van der Waals surface area contributed by atoms with Gasteiger partial charge in [-0.05, 0) is 35.9 Å². The molecular weight excluding hydrogens is 276 g/mol. The van der Waals surface area contributed by atoms with Crippen LogP contribution in [0.15, 0.2) is 42.5 Å². The molecule has 5 heteroatoms. The molecule has 20 heavy (non-hydrogen) atoms. The van der Waals surface area contributed by atoms with E-state index in [0.29, 0.717) is 17.3 Å². The monoisotopic (exact) mass is 290 g/mol. The minimum atomic E-state index is -0.252. The fourth-order valence-corrected chi connectivity index (χ4v) is 2.13. The molecule has 0 heterocycles. The van der Waals surface area contributed by atoms with Crippen molar-refractivity contribution in [3.63, 3.8) is 0 Å². The molecule has 0 spiro atoms. The summed E-state index contributed by atoms with van der Waals surface area (Å²) in [6.45, 7) is 0.411. The largest absolute Gasteiger partial charge is 0.508 e. The Hall–Kier alpha value is -2.20. The van der Waals surface area contributed by atoms with Gasteiger partial charge in [-0.3, -0.25) is 4.79 Å². The Morgan fingerprint density at radius 3 is 2.75 bits per heavy atom. The lowest BCUT2D eigenvalue weighted by Crippen LogP contribution is -2.26. The maximum absolute atomic E-state index is 12.3. The van der Waals surface area contributed by atoms with Crippen LogP contribution in [0, 0.1) is 0 Å². The van der Waals surface area contributed by atoms with Crippen LogP contribution >= 0.6 is 11.6 Å². The molecule has 0 saturated carbocycles. The van der Waals surface area contributed by atoms with E-state index in [9.17, 15) is 9.90 Å². The number of halogens is 1. The number of rotatable bonds is 3. The minimum absolute atomic E-state index is 0.0127. The van der Waals surface area contributed by atoms with Crippen molar-refractivity contribution in [2.75, 3.05) is 12.8 Å². The Morgan fingerprint density at radius 1 is 1.30 bits per heavy atom. The number of phenols is 1. The molecule has 2 rings (SSSR count). The molecule has 4 nitrogen and oxygen atoms in total. The zero-order valence-electron chi connectivity index (χ0n) is 11.0. The molecule has 3 N–H and O–H groups in total. The number of amides is 1. The number of carbonyl (C=O) groups is 1. The topological polar surface area (TPSA) is 66.6 Å². The van der Waals surface area contributed by atoms with Crippen molar-refractivity contribution in [2.24, 2.45) is 0 Å². The number of nitrogen functional groups attached to an aromatic ring is 1. The van der Waals surface area contributed by atoms with E-state index in [4.69, 9.17) is 17.3 Å². The highest BCUT2D eigenvalue weighted by Gasteiger charge is 2.15. The fraction of sp³-hybridized carbons (Fsp3) is 0.133. The van der Waals surface area contributed by atoms with Gasteiger partial charge in [-0.25, -0.2) is 0 Å². The molecule has 0 radical (unpaired) electrons. The second kappa shape index (κ2) is 5.84. The first-order valence-electron chi connectivity index (χ1n) is 6.06. The number of hydrogen-bond acceptors (Lipinski definition) is 3. The van der Waals surface area contributed by atoms with E-state index in [1.54, 1.807) is 19.2 Å². The molecule has 0 aromatic heterocycles. The summed E-state index contributed by atoms with van der Waals surface area (Å²) >= 11 is 5.91. The molecule has 0 aliphatic carbocycles. The van der Waals surface area contributed by atoms with Gasteiger partial charge >= 0.3 is 0 Å². The van der Waals surface area contributed by atoms with E-state index in [1.165, 1.54) is 23.1 Å². The van der Waals surface area contributed by atoms with E-state index in [-0.39, 0.29) is 17.2 Å². The second-order valence-electron chi connectivity index (χ2n) is 4.56. The Balaban J connectivity index is 2.18. The Bertz CT molecular complexity index is 644. The van der Waals surface area contributed by atoms with Crippen molar-refractivity contribution in [1.82, 2.24) is 4.90 Å². The summed E-state index contributed by atoms with van der Waals surface area (Å²) in [6, 6.07) is 11.6. The molecule has 0 bridgehead atoms. The van der Waals surface area contributed by atoms with Gasteiger partial charge in [0.25, 0.3) is 5.91 Å². The highest BCUT2D eigenvalue weighted by Crippen LogP contribution is 2.21. The first kappa shape index (κ1) is 14.2. The Morgan fingerprint density at radius 2 is 2.05 bits per heavy atom. The van der Waals surface area contributed by atoms with Gasteiger partial charge in [0.1, 0.15) is 5.75 Å². The number of benzene rings is 2. The van der Waals surface area contributed by atoms with Gasteiger partial charge in [0.15, 0.2) is 0 Å². The van der Waals surface area contributed by atoms with Gasteiger partial charge in [-0.2, -0.15) is 0 Å². The first-order valence-corrected chi connectivity index (χ1v) is 6.43. The van der Waals surface area contributed by atoms with Crippen molar-refractivity contribution in [1.29, 1.82) is 0 Å². The van der Waals surface area contributed by atoms with Crippen LogP contribution in [0.3, 0.4) is 0 Å². The average Bonchev–Trinajstić information content (AvgIpc) is 2.40. The Kier molecular flexibility index (Phi) is 4.15. The number of carbonyl (C=O) groups excluding carboxylic acids is 1. The highest BCUT2D eigenvalue weighted by atomic mass is 35.5. The third-order valence-corrected chi connectivity index (χ3v) is 3.16. The maximum atomic E-state index is 12.3. The highest BCUT2D eigenvalue weighted by molar-refractivity contribution is 6.30. The molecule has 0 aliphatic rings. The van der Waals surface area contributed by atoms with Crippen LogP contribution in [0.1, 0.15) is 15.9 Å². The van der Waals surface area contributed by atoms with Crippen LogP contribution in [0.4, 0.5) is 5.69 Å². The van der Waals surface area contributed by atoms with Gasteiger partial charge in [0, 0.05) is 24.3 Å². The van der Waals surface area contributed by atoms with Gasteiger partial charge in [0.2, 0.25) is 0 Å². The molecule has 0 atom stereocenters. The first-order chi connectivity index (χ1) is 9.47. The van der Waals surface area contributed by atoms with E-state index < -0.39 is 0 Å². The summed E-state index contributed by atoms with van der Waals surface area (Å²) in [4.78, 5) is 13.8. The molecular formula is C15H15ClN2O2. The lowest BCUT2D eigenvalue weighted by molar-refractivity contribution is 0.0785. The van der Waals surface area contributed by atoms with Crippen molar-refractivity contribution in [3.05, 3.63) is 58.6 Å². The predicted octanol–water partition coefficient (Wildman–Crippen LogP) is 2.90. The van der Waals surface area contributed by atoms with Crippen LogP contribution in [0.2, 0.25) is 5.02 Å². The van der Waals surface area contributed by atoms with E-state index in [2.05, 4.69) is 0 Å². The lowest BCUT2D eigenvalue weighted by atomic mass is 10.1. The van der Waals surface area contributed by atoms with Gasteiger partial charge < -0.3 is 15.7 Å². The lowest BCUT2D eigenvalue weighted by Gasteiger charge is -2.18. The zero-order chi connectivity index (χ0) is 14.7. The molecule has 0 saturated heterocycles. The summed E-state index contributed by atoms with van der Waals surface area (Å²) in [6.07, 6.45) is 0. The second-order valence-corrected chi connectivity index (χ2v) is 5.00. The third-order valence-electron chi connectivity index (χ3n) is 2.92. The van der Waals surface area contributed by atoms with Crippen LogP contribution in [0.25, 0.3) is 0 Å². The predicted molar refractivity (Wildman–Crippen MR) is 79.8 cm³/mol. The van der Waals surface area contributed by atoms with Crippen LogP contribution in [-0.2, 0) is 6.54 Å². The molecule has 2 aromatic carbocycles. The molecule has 2 aromatic rings. The van der Waals surface area contributed by atoms with Crippen LogP contribution in [0.5, 0.6) is 5.75 Å². The van der Waals surface area contributed by atoms with E-state index in [1.807, 2.05) is 12.1 Å². The number of anilines is 1. The number of nitrogens with zero attached hydrogens (tertiary/aromatic N) is 1. The van der Waals surface area contributed by atoms with Gasteiger partial charge in [-0.1, -0.05) is 23.7 Å². The van der Waals surface area contributed by atoms with Crippen molar-refractivity contribution in [3.8, 4) is 5.75 Å². The summed E-state index contributed by atoms with van der Waals surface area (Å²) in [5.74, 6) is -0.239. The van der Waals surface area contributed by atoms with E-state index >= 15 is 0 Å². The summed E-state index contributed by atoms with van der Waals surface area (Å²) in [7, 11) is 1.67. The standard InChI is InChI=1S/C15H15ClN2O2/c1-18(9-10-3-2-4-11(16)7-10)15(20)13-8-12(19)5-6-14(13)17/h2-8,19H,9,17H2,1H3. The van der Waals surface area contributed by atoms with Crippen LogP contribution < -0.4 is 5.73 Å². The van der Waals surface area contributed by atoms with Crippen molar-refractivity contribution >= 4 is 23.2 Å². The molecule has 1 amide bonds. The number of aromatic hydroxyl groups is 1. The summed E-state index contributed by atoms with van der Waals surface area (Å²) < 4.78 is 0. The third kappa shape index (κ3) is 3.22. The van der Waals surface area contributed by atoms with Crippen molar-refractivity contribution < 1.29 is 9.90 Å². The quantitative estimate of drug-likeness (QED) is 0.675.